The summed E-state index contributed by atoms with van der Waals surface area (Å²) >= 11 is 0. The largest absolute Gasteiger partial charge is 0.493 e. The second kappa shape index (κ2) is 8.17. The van der Waals surface area contributed by atoms with Crippen molar-refractivity contribution in [1.82, 2.24) is 10.2 Å². The average molecular weight is 374 g/mol. The summed E-state index contributed by atoms with van der Waals surface area (Å²) in [5.74, 6) is -1.76. The van der Waals surface area contributed by atoms with Gasteiger partial charge >= 0.3 is 12.0 Å². The molecule has 142 valence electrons. The van der Waals surface area contributed by atoms with Gasteiger partial charge in [0.1, 0.15) is 5.57 Å². The number of nitrogens with one attached hydrogen (secondary N) is 1. The Morgan fingerprint density at radius 3 is 2.26 bits per heavy atom. The number of ether oxygens (including phenoxy) is 3. The molecule has 1 fully saturated rings. The molecule has 1 aliphatic heterocycles. The lowest BCUT2D eigenvalue weighted by atomic mass is 10.1. The van der Waals surface area contributed by atoms with Gasteiger partial charge in [0.15, 0.2) is 11.5 Å². The smallest absolute Gasteiger partial charge is 0.331 e. The first-order valence-electron chi connectivity index (χ1n) is 7.76. The SMILES string of the molecule is C=CCN1C(=O)NC(=O)C(=Cc2cc(OC)c(OC(C)=O)c(OC)c2)C1=O. The predicted molar refractivity (Wildman–Crippen MR) is 94.3 cm³/mol. The molecule has 1 aliphatic rings. The van der Waals surface area contributed by atoms with Crippen LogP contribution in [0.2, 0.25) is 0 Å². The van der Waals surface area contributed by atoms with E-state index in [0.717, 1.165) is 4.90 Å². The van der Waals surface area contributed by atoms with Crippen LogP contribution < -0.4 is 19.5 Å². The highest BCUT2D eigenvalue weighted by molar-refractivity contribution is 6.31. The van der Waals surface area contributed by atoms with E-state index in [1.54, 1.807) is 0 Å². The molecule has 0 bridgehead atoms. The highest BCUT2D eigenvalue weighted by atomic mass is 16.6. The third-order valence-corrected chi connectivity index (χ3v) is 3.54. The molecule has 1 saturated heterocycles. The van der Waals surface area contributed by atoms with E-state index in [0.29, 0.717) is 5.56 Å². The topological polar surface area (TPSA) is 111 Å². The molecule has 0 aromatic heterocycles. The molecule has 0 atom stereocenters. The number of benzene rings is 1. The third kappa shape index (κ3) is 4.14. The Morgan fingerprint density at radius 1 is 1.19 bits per heavy atom. The maximum atomic E-state index is 12.5. The van der Waals surface area contributed by atoms with Crippen LogP contribution in [0.1, 0.15) is 12.5 Å². The fraction of sp³-hybridized carbons (Fsp3) is 0.222. The fourth-order valence-corrected chi connectivity index (χ4v) is 2.38. The van der Waals surface area contributed by atoms with Crippen molar-refractivity contribution in [3.8, 4) is 17.2 Å². The van der Waals surface area contributed by atoms with Crippen molar-refractivity contribution >= 4 is 29.9 Å². The molecule has 2 rings (SSSR count). The van der Waals surface area contributed by atoms with Crippen molar-refractivity contribution in [2.75, 3.05) is 20.8 Å². The van der Waals surface area contributed by atoms with Crippen molar-refractivity contribution in [3.63, 3.8) is 0 Å². The van der Waals surface area contributed by atoms with Crippen molar-refractivity contribution in [3.05, 3.63) is 35.9 Å². The van der Waals surface area contributed by atoms with E-state index in [-0.39, 0.29) is 29.4 Å². The molecule has 0 radical (unpaired) electrons. The van der Waals surface area contributed by atoms with Gasteiger partial charge in [-0.25, -0.2) is 4.79 Å². The normalized spacial score (nSPS) is 15.4. The summed E-state index contributed by atoms with van der Waals surface area (Å²) in [4.78, 5) is 48.4. The van der Waals surface area contributed by atoms with Crippen LogP contribution in [0.25, 0.3) is 6.08 Å². The van der Waals surface area contributed by atoms with Crippen molar-refractivity contribution in [2.45, 2.75) is 6.92 Å². The molecule has 0 unspecified atom stereocenters. The summed E-state index contributed by atoms with van der Waals surface area (Å²) in [6, 6.07) is 2.10. The Balaban J connectivity index is 2.52. The first kappa shape index (κ1) is 19.7. The van der Waals surface area contributed by atoms with Crippen LogP contribution in [0.3, 0.4) is 0 Å². The number of carbonyl (C=O) groups is 4. The monoisotopic (exact) mass is 374 g/mol. The Labute approximate surface area is 155 Å². The summed E-state index contributed by atoms with van der Waals surface area (Å²) in [5.41, 5.74) is 0.117. The van der Waals surface area contributed by atoms with Gasteiger partial charge in [-0.1, -0.05) is 6.08 Å². The van der Waals surface area contributed by atoms with Gasteiger partial charge in [-0.05, 0) is 23.8 Å². The zero-order valence-electron chi connectivity index (χ0n) is 15.0. The minimum absolute atomic E-state index is 0.0483. The second-order valence-electron chi connectivity index (χ2n) is 5.37. The zero-order chi connectivity index (χ0) is 20.1. The highest BCUT2D eigenvalue weighted by Gasteiger charge is 2.35. The second-order valence-corrected chi connectivity index (χ2v) is 5.37. The summed E-state index contributed by atoms with van der Waals surface area (Å²) in [5, 5.41) is 2.09. The van der Waals surface area contributed by atoms with Gasteiger partial charge in [0.05, 0.1) is 14.2 Å². The van der Waals surface area contributed by atoms with Gasteiger partial charge in [-0.2, -0.15) is 0 Å². The number of urea groups is 1. The molecule has 0 aliphatic carbocycles. The molecule has 0 saturated carbocycles. The Bertz CT molecular complexity index is 832. The first-order valence-corrected chi connectivity index (χ1v) is 7.76. The van der Waals surface area contributed by atoms with E-state index < -0.39 is 23.8 Å². The number of carbonyl (C=O) groups excluding carboxylic acids is 4. The average Bonchev–Trinajstić information content (AvgIpc) is 2.62. The summed E-state index contributed by atoms with van der Waals surface area (Å²) in [7, 11) is 2.73. The first-order chi connectivity index (χ1) is 12.8. The van der Waals surface area contributed by atoms with Crippen molar-refractivity contribution in [2.24, 2.45) is 0 Å². The van der Waals surface area contributed by atoms with Gasteiger partial charge < -0.3 is 14.2 Å². The van der Waals surface area contributed by atoms with Crippen LogP contribution in [0, 0.1) is 0 Å². The van der Waals surface area contributed by atoms with Crippen molar-refractivity contribution in [1.29, 1.82) is 0 Å². The number of amides is 4. The lowest BCUT2D eigenvalue weighted by molar-refractivity contribution is -0.132. The van der Waals surface area contributed by atoms with Gasteiger partial charge in [0, 0.05) is 13.5 Å². The van der Waals surface area contributed by atoms with Gasteiger partial charge in [0.25, 0.3) is 11.8 Å². The number of imide groups is 2. The molecule has 1 N–H and O–H groups in total. The number of esters is 1. The maximum absolute atomic E-state index is 12.5. The van der Waals surface area contributed by atoms with Crippen molar-refractivity contribution < 1.29 is 33.4 Å². The maximum Gasteiger partial charge on any atom is 0.331 e. The quantitative estimate of drug-likeness (QED) is 0.262. The number of methoxy groups -OCH3 is 2. The van der Waals surface area contributed by atoms with Crippen LogP contribution in [0.4, 0.5) is 4.79 Å². The standard InChI is InChI=1S/C18H18N2O7/c1-5-6-20-17(23)12(16(22)19-18(20)24)7-11-8-13(25-3)15(27-10(2)21)14(9-11)26-4/h5,7-9H,1,6H2,2-4H3,(H,19,22,24). The molecule has 1 aromatic rings. The lowest BCUT2D eigenvalue weighted by Crippen LogP contribution is -2.54. The number of hydrogen-bond donors (Lipinski definition) is 1. The third-order valence-electron chi connectivity index (χ3n) is 3.54. The van der Waals surface area contributed by atoms with Crippen LogP contribution >= 0.6 is 0 Å². The van der Waals surface area contributed by atoms with E-state index in [4.69, 9.17) is 14.2 Å². The zero-order valence-corrected chi connectivity index (χ0v) is 15.0. The number of rotatable bonds is 6. The van der Waals surface area contributed by atoms with E-state index in [1.807, 2.05) is 0 Å². The Kier molecular flexibility index (Phi) is 5.96. The number of hydrogen-bond acceptors (Lipinski definition) is 7. The lowest BCUT2D eigenvalue weighted by Gasteiger charge is -2.25. The van der Waals surface area contributed by atoms with Crippen LogP contribution in [-0.2, 0) is 14.4 Å². The Morgan fingerprint density at radius 2 is 1.78 bits per heavy atom. The van der Waals surface area contributed by atoms with Crippen LogP contribution in [0.15, 0.2) is 30.4 Å². The molecule has 27 heavy (non-hydrogen) atoms. The van der Waals surface area contributed by atoms with Crippen LogP contribution in [0.5, 0.6) is 17.2 Å². The molecular weight excluding hydrogens is 356 g/mol. The van der Waals surface area contributed by atoms with Crippen LogP contribution in [-0.4, -0.2) is 49.5 Å². The van der Waals surface area contributed by atoms with E-state index >= 15 is 0 Å². The summed E-state index contributed by atoms with van der Waals surface area (Å²) in [6.45, 7) is 4.66. The minimum Gasteiger partial charge on any atom is -0.493 e. The van der Waals surface area contributed by atoms with E-state index in [9.17, 15) is 19.2 Å². The van der Waals surface area contributed by atoms with Gasteiger partial charge in [-0.3, -0.25) is 24.6 Å². The Hall–Kier alpha value is -3.62. The highest BCUT2D eigenvalue weighted by Crippen LogP contribution is 2.39. The predicted octanol–water partition coefficient (Wildman–Crippen LogP) is 1.28. The molecule has 1 aromatic carbocycles. The molecule has 9 nitrogen and oxygen atoms in total. The van der Waals surface area contributed by atoms with E-state index in [1.165, 1.54) is 45.4 Å². The minimum atomic E-state index is -0.827. The number of barbiturate groups is 1. The molecule has 4 amide bonds. The summed E-state index contributed by atoms with van der Waals surface area (Å²) < 4.78 is 15.5. The molecule has 9 heteroatoms. The molecular formula is C18H18N2O7. The van der Waals surface area contributed by atoms with Gasteiger partial charge in [0.2, 0.25) is 5.75 Å². The van der Waals surface area contributed by atoms with Gasteiger partial charge in [-0.15, -0.1) is 6.58 Å². The molecule has 0 spiro atoms. The molecule has 1 heterocycles. The van der Waals surface area contributed by atoms with E-state index in [2.05, 4.69) is 11.9 Å². The fourth-order valence-electron chi connectivity index (χ4n) is 2.38. The summed E-state index contributed by atoms with van der Waals surface area (Å²) in [6.07, 6.45) is 2.65. The number of nitrogens with zero attached hydrogens (tertiary/aromatic N) is 1.